The Morgan fingerprint density at radius 3 is 2.94 bits per heavy atom. The maximum Gasteiger partial charge on any atom is 0.173 e. The second-order valence-corrected chi connectivity index (χ2v) is 4.79. The fourth-order valence-corrected chi connectivity index (χ4v) is 2.50. The average molecular weight is 251 g/mol. The Morgan fingerprint density at radius 2 is 2.17 bits per heavy atom. The molecule has 0 spiro atoms. The first-order valence-electron chi connectivity index (χ1n) is 6.30. The van der Waals surface area contributed by atoms with Gasteiger partial charge in [-0.05, 0) is 43.7 Å². The van der Waals surface area contributed by atoms with Crippen molar-refractivity contribution in [1.82, 2.24) is 5.32 Å². The predicted octanol–water partition coefficient (Wildman–Crippen LogP) is 3.72. The summed E-state index contributed by atoms with van der Waals surface area (Å²) in [6.45, 7) is 0.847. The molecule has 0 amide bonds. The van der Waals surface area contributed by atoms with Gasteiger partial charge in [-0.3, -0.25) is 0 Å². The molecule has 2 aromatic rings. The van der Waals surface area contributed by atoms with E-state index in [9.17, 15) is 8.78 Å². The summed E-state index contributed by atoms with van der Waals surface area (Å²) in [6, 6.07) is 5.63. The smallest absolute Gasteiger partial charge is 0.173 e. The van der Waals surface area contributed by atoms with Gasteiger partial charge >= 0.3 is 0 Å². The van der Waals surface area contributed by atoms with Gasteiger partial charge in [0.05, 0.1) is 0 Å². The normalized spacial score (nSPS) is 22.2. The second kappa shape index (κ2) is 4.69. The number of piperidine rings is 1. The van der Waals surface area contributed by atoms with Crippen LogP contribution in [0.25, 0.3) is 11.0 Å². The van der Waals surface area contributed by atoms with Gasteiger partial charge in [0.1, 0.15) is 17.2 Å². The summed E-state index contributed by atoms with van der Waals surface area (Å²) < 4.78 is 32.8. The third-order valence-electron chi connectivity index (χ3n) is 3.47. The molecule has 1 fully saturated rings. The van der Waals surface area contributed by atoms with Crippen molar-refractivity contribution in [3.63, 3.8) is 0 Å². The van der Waals surface area contributed by atoms with Crippen molar-refractivity contribution in [2.45, 2.75) is 31.5 Å². The summed E-state index contributed by atoms with van der Waals surface area (Å²) in [5.74, 6) is -0.0453. The minimum Gasteiger partial charge on any atom is -0.458 e. The fourth-order valence-electron chi connectivity index (χ4n) is 2.50. The number of benzene rings is 1. The van der Waals surface area contributed by atoms with Crippen molar-refractivity contribution in [1.29, 1.82) is 0 Å². The van der Waals surface area contributed by atoms with Crippen molar-refractivity contribution in [3.05, 3.63) is 35.8 Å². The van der Waals surface area contributed by atoms with Gasteiger partial charge in [-0.25, -0.2) is 8.78 Å². The molecule has 2 heterocycles. The third-order valence-corrected chi connectivity index (χ3v) is 3.47. The van der Waals surface area contributed by atoms with Crippen LogP contribution in [-0.4, -0.2) is 12.6 Å². The summed E-state index contributed by atoms with van der Waals surface area (Å²) in [5, 5.41) is 3.78. The van der Waals surface area contributed by atoms with E-state index in [1.165, 1.54) is 18.2 Å². The fraction of sp³-hybridized carbons (Fsp3) is 0.429. The van der Waals surface area contributed by atoms with E-state index in [-0.39, 0.29) is 17.6 Å². The molecule has 2 nitrogen and oxygen atoms in total. The zero-order valence-corrected chi connectivity index (χ0v) is 9.96. The van der Waals surface area contributed by atoms with E-state index in [2.05, 4.69) is 5.32 Å². The van der Waals surface area contributed by atoms with Crippen molar-refractivity contribution >= 4 is 11.0 Å². The van der Waals surface area contributed by atoms with Gasteiger partial charge in [0.2, 0.25) is 0 Å². The van der Waals surface area contributed by atoms with Gasteiger partial charge in [0, 0.05) is 11.4 Å². The highest BCUT2D eigenvalue weighted by Gasteiger charge is 2.27. The van der Waals surface area contributed by atoms with E-state index in [0.29, 0.717) is 11.0 Å². The van der Waals surface area contributed by atoms with E-state index in [0.717, 1.165) is 25.8 Å². The third kappa shape index (κ3) is 2.12. The van der Waals surface area contributed by atoms with Crippen LogP contribution >= 0.6 is 0 Å². The number of alkyl halides is 1. The molecule has 1 aliphatic heterocycles. The van der Waals surface area contributed by atoms with Crippen LogP contribution in [-0.2, 0) is 0 Å². The van der Waals surface area contributed by atoms with Crippen molar-refractivity contribution in [2.75, 3.05) is 6.54 Å². The van der Waals surface area contributed by atoms with Crippen LogP contribution in [0.1, 0.15) is 31.2 Å². The molecule has 1 aromatic carbocycles. The predicted molar refractivity (Wildman–Crippen MR) is 65.7 cm³/mol. The Kier molecular flexibility index (Phi) is 3.04. The van der Waals surface area contributed by atoms with Gasteiger partial charge < -0.3 is 9.73 Å². The lowest BCUT2D eigenvalue weighted by atomic mass is 9.99. The number of hydrogen-bond donors (Lipinski definition) is 1. The van der Waals surface area contributed by atoms with Gasteiger partial charge in [-0.15, -0.1) is 0 Å². The van der Waals surface area contributed by atoms with Crippen LogP contribution in [0, 0.1) is 5.82 Å². The molecule has 3 rings (SSSR count). The van der Waals surface area contributed by atoms with Crippen LogP contribution < -0.4 is 5.32 Å². The van der Waals surface area contributed by atoms with Crippen LogP contribution in [0.2, 0.25) is 0 Å². The maximum atomic E-state index is 14.3. The van der Waals surface area contributed by atoms with E-state index in [4.69, 9.17) is 4.42 Å². The monoisotopic (exact) mass is 251 g/mol. The Labute approximate surface area is 104 Å². The molecule has 1 aliphatic rings. The lowest BCUT2D eigenvalue weighted by Gasteiger charge is -2.25. The second-order valence-electron chi connectivity index (χ2n) is 4.79. The summed E-state index contributed by atoms with van der Waals surface area (Å²) in [5.41, 5.74) is 0.532. The minimum absolute atomic E-state index is 0.191. The lowest BCUT2D eigenvalue weighted by Crippen LogP contribution is -2.37. The highest BCUT2D eigenvalue weighted by Crippen LogP contribution is 2.31. The Balaban J connectivity index is 1.88. The molecule has 2 unspecified atom stereocenters. The zero-order chi connectivity index (χ0) is 12.5. The van der Waals surface area contributed by atoms with Gasteiger partial charge in [-0.1, -0.05) is 6.42 Å². The van der Waals surface area contributed by atoms with Crippen LogP contribution in [0.15, 0.2) is 28.7 Å². The largest absolute Gasteiger partial charge is 0.458 e. The topological polar surface area (TPSA) is 25.2 Å². The number of halogens is 2. The molecule has 1 N–H and O–H groups in total. The van der Waals surface area contributed by atoms with E-state index in [1.54, 1.807) is 6.07 Å². The Hall–Kier alpha value is -1.42. The first-order valence-corrected chi connectivity index (χ1v) is 6.30. The van der Waals surface area contributed by atoms with Gasteiger partial charge in [-0.2, -0.15) is 0 Å². The summed E-state index contributed by atoms with van der Waals surface area (Å²) in [4.78, 5) is 0. The molecule has 1 saturated heterocycles. The van der Waals surface area contributed by atoms with Crippen molar-refractivity contribution < 1.29 is 13.2 Å². The molecule has 4 heteroatoms. The Bertz CT molecular complexity index is 546. The first kappa shape index (κ1) is 11.7. The number of nitrogens with one attached hydrogen (secondary N) is 1. The number of hydrogen-bond acceptors (Lipinski definition) is 2. The Morgan fingerprint density at radius 1 is 1.28 bits per heavy atom. The molecular weight excluding hydrogens is 236 g/mol. The average Bonchev–Trinajstić information content (AvgIpc) is 2.81. The molecule has 0 saturated carbocycles. The van der Waals surface area contributed by atoms with Crippen molar-refractivity contribution in [3.8, 4) is 0 Å². The van der Waals surface area contributed by atoms with Crippen LogP contribution in [0.4, 0.5) is 8.78 Å². The van der Waals surface area contributed by atoms with E-state index >= 15 is 0 Å². The molecule has 0 aliphatic carbocycles. The summed E-state index contributed by atoms with van der Waals surface area (Å²) in [7, 11) is 0. The highest BCUT2D eigenvalue weighted by atomic mass is 19.1. The molecule has 18 heavy (non-hydrogen) atoms. The molecule has 96 valence electrons. The van der Waals surface area contributed by atoms with Gasteiger partial charge in [0.25, 0.3) is 0 Å². The molecule has 0 bridgehead atoms. The van der Waals surface area contributed by atoms with Crippen molar-refractivity contribution in [2.24, 2.45) is 0 Å². The lowest BCUT2D eigenvalue weighted by molar-refractivity contribution is 0.195. The molecule has 2 atom stereocenters. The maximum absolute atomic E-state index is 14.3. The van der Waals surface area contributed by atoms with E-state index in [1.807, 2.05) is 0 Å². The molecule has 1 aromatic heterocycles. The highest BCUT2D eigenvalue weighted by molar-refractivity contribution is 5.78. The molecule has 0 radical (unpaired) electrons. The first-order chi connectivity index (χ1) is 8.74. The zero-order valence-electron chi connectivity index (χ0n) is 9.96. The number of fused-ring (bicyclic) bond motifs is 1. The summed E-state index contributed by atoms with van der Waals surface area (Å²) in [6.07, 6.45) is 1.77. The van der Waals surface area contributed by atoms with E-state index < -0.39 is 6.17 Å². The SMILES string of the molecule is Fc1ccc2oc(C(F)C3CCCCN3)cc2c1. The quantitative estimate of drug-likeness (QED) is 0.879. The van der Waals surface area contributed by atoms with Crippen LogP contribution in [0.5, 0.6) is 0 Å². The van der Waals surface area contributed by atoms with Gasteiger partial charge in [0.15, 0.2) is 6.17 Å². The van der Waals surface area contributed by atoms with Crippen LogP contribution in [0.3, 0.4) is 0 Å². The summed E-state index contributed by atoms with van der Waals surface area (Å²) >= 11 is 0. The number of furan rings is 1. The number of rotatable bonds is 2. The standard InChI is InChI=1S/C14H15F2NO/c15-10-4-5-12-9(7-10)8-13(18-12)14(16)11-3-1-2-6-17-11/h4-5,7-8,11,14,17H,1-3,6H2. The minimum atomic E-state index is -1.17. The molecular formula is C14H15F2NO.